The van der Waals surface area contributed by atoms with Crippen molar-refractivity contribution in [3.8, 4) is 5.75 Å². The minimum atomic E-state index is -0.394. The molecule has 4 nitrogen and oxygen atoms in total. The van der Waals surface area contributed by atoms with E-state index in [1.165, 1.54) is 0 Å². The van der Waals surface area contributed by atoms with E-state index in [0.717, 1.165) is 18.3 Å². The molecule has 0 aliphatic heterocycles. The van der Waals surface area contributed by atoms with Gasteiger partial charge in [0.2, 0.25) is 0 Å². The quantitative estimate of drug-likeness (QED) is 0.560. The van der Waals surface area contributed by atoms with Crippen LogP contribution in [0.4, 0.5) is 0 Å². The summed E-state index contributed by atoms with van der Waals surface area (Å²) in [4.78, 5) is 21.8. The van der Waals surface area contributed by atoms with Crippen LogP contribution in [0.15, 0.2) is 18.2 Å². The number of aldehydes is 1. The molecule has 0 bridgehead atoms. The molecule has 0 N–H and O–H groups in total. The molecule has 17 heavy (non-hydrogen) atoms. The Hall–Kier alpha value is -1.84. The Morgan fingerprint density at radius 2 is 2.12 bits per heavy atom. The first kappa shape index (κ1) is 13.2. The molecule has 0 aliphatic rings. The average Bonchev–Trinajstić information content (AvgIpc) is 2.36. The van der Waals surface area contributed by atoms with Crippen molar-refractivity contribution >= 4 is 12.3 Å². The number of aryl methyl sites for hydroxylation is 1. The van der Waals surface area contributed by atoms with Crippen LogP contribution in [-0.2, 0) is 16.0 Å². The number of esters is 1. The molecule has 92 valence electrons. The number of carbonyl (C=O) groups excluding carboxylic acids is 2. The Morgan fingerprint density at radius 3 is 2.71 bits per heavy atom. The van der Waals surface area contributed by atoms with E-state index < -0.39 is 5.97 Å². The van der Waals surface area contributed by atoms with E-state index in [-0.39, 0.29) is 6.61 Å². The zero-order valence-electron chi connectivity index (χ0n) is 10.1. The third-order valence-corrected chi connectivity index (χ3v) is 2.25. The normalized spacial score (nSPS) is 9.76. The third kappa shape index (κ3) is 3.90. The average molecular weight is 236 g/mol. The highest BCUT2D eigenvalue weighted by molar-refractivity contribution is 5.76. The lowest BCUT2D eigenvalue weighted by molar-refractivity contribution is -0.145. The van der Waals surface area contributed by atoms with Gasteiger partial charge in [-0.15, -0.1) is 0 Å². The molecule has 0 aliphatic carbocycles. The van der Waals surface area contributed by atoms with E-state index in [0.29, 0.717) is 17.9 Å². The number of benzene rings is 1. The van der Waals surface area contributed by atoms with Crippen molar-refractivity contribution in [2.75, 3.05) is 13.2 Å². The summed E-state index contributed by atoms with van der Waals surface area (Å²) in [6.45, 7) is 3.93. The second-order valence-electron chi connectivity index (χ2n) is 3.43. The molecule has 0 radical (unpaired) electrons. The first-order valence-electron chi connectivity index (χ1n) is 5.57. The van der Waals surface area contributed by atoms with Crippen LogP contribution in [-0.4, -0.2) is 25.5 Å². The van der Waals surface area contributed by atoms with Gasteiger partial charge in [-0.2, -0.15) is 0 Å². The van der Waals surface area contributed by atoms with E-state index in [2.05, 4.69) is 0 Å². The molecule has 1 aromatic rings. The van der Waals surface area contributed by atoms with Gasteiger partial charge in [0.05, 0.1) is 6.61 Å². The van der Waals surface area contributed by atoms with Gasteiger partial charge in [-0.3, -0.25) is 4.79 Å². The summed E-state index contributed by atoms with van der Waals surface area (Å²) in [5.74, 6) is 0.222. The predicted octanol–water partition coefficient (Wildman–Crippen LogP) is 2.00. The third-order valence-electron chi connectivity index (χ3n) is 2.25. The van der Waals surface area contributed by atoms with Crippen LogP contribution in [0, 0.1) is 0 Å². The molecule has 0 amide bonds. The van der Waals surface area contributed by atoms with E-state index in [1.54, 1.807) is 25.1 Å². The number of hydrogen-bond donors (Lipinski definition) is 0. The van der Waals surface area contributed by atoms with Crippen LogP contribution in [0.1, 0.15) is 29.8 Å². The Balaban J connectivity index is 2.70. The van der Waals surface area contributed by atoms with E-state index in [4.69, 9.17) is 9.47 Å². The summed E-state index contributed by atoms with van der Waals surface area (Å²) in [6, 6.07) is 5.11. The number of ether oxygens (including phenoxy) is 2. The van der Waals surface area contributed by atoms with Crippen LogP contribution < -0.4 is 4.74 Å². The van der Waals surface area contributed by atoms with Crippen molar-refractivity contribution in [2.24, 2.45) is 0 Å². The molecule has 0 fully saturated rings. The summed E-state index contributed by atoms with van der Waals surface area (Å²) in [5, 5.41) is 0. The topological polar surface area (TPSA) is 52.6 Å². The fourth-order valence-electron chi connectivity index (χ4n) is 1.43. The summed E-state index contributed by atoms with van der Waals surface area (Å²) in [7, 11) is 0. The van der Waals surface area contributed by atoms with Crippen molar-refractivity contribution in [3.63, 3.8) is 0 Å². The van der Waals surface area contributed by atoms with Crippen molar-refractivity contribution in [1.29, 1.82) is 0 Å². The zero-order valence-corrected chi connectivity index (χ0v) is 10.1. The zero-order chi connectivity index (χ0) is 12.7. The summed E-state index contributed by atoms with van der Waals surface area (Å²) < 4.78 is 10.1. The highest BCUT2D eigenvalue weighted by Gasteiger charge is 2.07. The molecular weight excluding hydrogens is 220 g/mol. The SMILES string of the molecule is CCOC(=O)COc1ccc(C=O)cc1CC. The van der Waals surface area contributed by atoms with Crippen LogP contribution in [0.25, 0.3) is 0 Å². The largest absolute Gasteiger partial charge is 0.482 e. The van der Waals surface area contributed by atoms with Gasteiger partial charge in [0.25, 0.3) is 0 Å². The van der Waals surface area contributed by atoms with Gasteiger partial charge in [-0.1, -0.05) is 6.92 Å². The number of carbonyl (C=O) groups is 2. The van der Waals surface area contributed by atoms with Gasteiger partial charge in [0.1, 0.15) is 12.0 Å². The minimum Gasteiger partial charge on any atom is -0.482 e. The Labute approximate surface area is 101 Å². The lowest BCUT2D eigenvalue weighted by Crippen LogP contribution is -2.15. The molecule has 0 unspecified atom stereocenters. The fourth-order valence-corrected chi connectivity index (χ4v) is 1.43. The lowest BCUT2D eigenvalue weighted by atomic mass is 10.1. The van der Waals surface area contributed by atoms with E-state index in [9.17, 15) is 9.59 Å². The molecule has 0 spiro atoms. The van der Waals surface area contributed by atoms with E-state index >= 15 is 0 Å². The maximum Gasteiger partial charge on any atom is 0.344 e. The van der Waals surface area contributed by atoms with Crippen molar-refractivity contribution in [1.82, 2.24) is 0 Å². The second kappa shape index (κ2) is 6.68. The van der Waals surface area contributed by atoms with Gasteiger partial charge >= 0.3 is 5.97 Å². The standard InChI is InChI=1S/C13H16O4/c1-3-11-7-10(8-14)5-6-12(11)17-9-13(15)16-4-2/h5-8H,3-4,9H2,1-2H3. The summed E-state index contributed by atoms with van der Waals surface area (Å²) in [6.07, 6.45) is 1.52. The smallest absolute Gasteiger partial charge is 0.344 e. The molecular formula is C13H16O4. The van der Waals surface area contributed by atoms with Gasteiger partial charge in [0.15, 0.2) is 6.61 Å². The lowest BCUT2D eigenvalue weighted by Gasteiger charge is -2.10. The number of hydrogen-bond acceptors (Lipinski definition) is 4. The van der Waals surface area contributed by atoms with Gasteiger partial charge in [0, 0.05) is 5.56 Å². The van der Waals surface area contributed by atoms with Crippen LogP contribution >= 0.6 is 0 Å². The molecule has 0 heterocycles. The fraction of sp³-hybridized carbons (Fsp3) is 0.385. The van der Waals surface area contributed by atoms with Crippen molar-refractivity contribution in [3.05, 3.63) is 29.3 Å². The van der Waals surface area contributed by atoms with Crippen molar-refractivity contribution in [2.45, 2.75) is 20.3 Å². The monoisotopic (exact) mass is 236 g/mol. The molecule has 0 saturated heterocycles. The molecule has 1 aromatic carbocycles. The van der Waals surface area contributed by atoms with Crippen LogP contribution in [0.3, 0.4) is 0 Å². The maximum absolute atomic E-state index is 11.1. The maximum atomic E-state index is 11.1. The molecule has 0 saturated carbocycles. The molecule has 0 atom stereocenters. The summed E-state index contributed by atoms with van der Waals surface area (Å²) in [5.41, 5.74) is 1.50. The molecule has 1 rings (SSSR count). The van der Waals surface area contributed by atoms with Crippen molar-refractivity contribution < 1.29 is 19.1 Å². The van der Waals surface area contributed by atoms with Gasteiger partial charge in [-0.25, -0.2) is 4.79 Å². The van der Waals surface area contributed by atoms with Crippen LogP contribution in [0.2, 0.25) is 0 Å². The Morgan fingerprint density at radius 1 is 1.35 bits per heavy atom. The van der Waals surface area contributed by atoms with E-state index in [1.807, 2.05) is 6.92 Å². The Bertz CT molecular complexity index is 398. The second-order valence-corrected chi connectivity index (χ2v) is 3.43. The first-order valence-corrected chi connectivity index (χ1v) is 5.57. The predicted molar refractivity (Wildman–Crippen MR) is 63.3 cm³/mol. The highest BCUT2D eigenvalue weighted by Crippen LogP contribution is 2.20. The van der Waals surface area contributed by atoms with Gasteiger partial charge in [-0.05, 0) is 37.1 Å². The minimum absolute atomic E-state index is 0.110. The van der Waals surface area contributed by atoms with Crippen LogP contribution in [0.5, 0.6) is 5.75 Å². The first-order chi connectivity index (χ1) is 8.21. The summed E-state index contributed by atoms with van der Waals surface area (Å²) >= 11 is 0. The Kier molecular flexibility index (Phi) is 5.20. The number of rotatable bonds is 6. The molecule has 0 aromatic heterocycles. The van der Waals surface area contributed by atoms with Gasteiger partial charge < -0.3 is 9.47 Å². The highest BCUT2D eigenvalue weighted by atomic mass is 16.6. The molecule has 4 heteroatoms.